The monoisotopic (exact) mass is 330 g/mol. The Morgan fingerprint density at radius 1 is 0.917 bits per heavy atom. The fourth-order valence-corrected chi connectivity index (χ4v) is 1.91. The highest BCUT2D eigenvalue weighted by atomic mass is 19.1. The molecule has 5 heteroatoms. The van der Waals surface area contributed by atoms with Gasteiger partial charge in [0.05, 0.1) is 17.7 Å². The second-order valence-electron chi connectivity index (χ2n) is 5.74. The van der Waals surface area contributed by atoms with Gasteiger partial charge in [0, 0.05) is 5.56 Å². The van der Waals surface area contributed by atoms with Gasteiger partial charge in [-0.15, -0.1) is 0 Å². The van der Waals surface area contributed by atoms with Gasteiger partial charge in [0.1, 0.15) is 12.4 Å². The molecule has 0 saturated heterocycles. The number of ether oxygens (including phenoxy) is 2. The molecule has 0 fully saturated rings. The number of benzene rings is 2. The van der Waals surface area contributed by atoms with Gasteiger partial charge in [-0.25, -0.2) is 14.0 Å². The normalized spacial score (nSPS) is 10.5. The summed E-state index contributed by atoms with van der Waals surface area (Å²) in [6.45, 7) is 4.08. The highest BCUT2D eigenvalue weighted by Crippen LogP contribution is 2.12. The van der Waals surface area contributed by atoms with Crippen LogP contribution in [-0.4, -0.2) is 18.5 Å². The molecule has 2 aromatic carbocycles. The summed E-state index contributed by atoms with van der Waals surface area (Å²) in [4.78, 5) is 23.8. The van der Waals surface area contributed by atoms with Gasteiger partial charge in [0.2, 0.25) is 0 Å². The third-order valence-corrected chi connectivity index (χ3v) is 3.22. The van der Waals surface area contributed by atoms with Crippen molar-refractivity contribution in [1.29, 1.82) is 0 Å². The van der Waals surface area contributed by atoms with Crippen molar-refractivity contribution in [2.75, 3.05) is 6.61 Å². The molecule has 0 radical (unpaired) electrons. The topological polar surface area (TPSA) is 52.6 Å². The van der Waals surface area contributed by atoms with Crippen molar-refractivity contribution in [3.05, 3.63) is 71.0 Å². The molecule has 0 spiro atoms. The van der Waals surface area contributed by atoms with Crippen LogP contribution in [0, 0.1) is 11.7 Å². The second-order valence-corrected chi connectivity index (χ2v) is 5.74. The molecule has 2 aromatic rings. The Morgan fingerprint density at radius 3 is 2.00 bits per heavy atom. The molecule has 0 bridgehead atoms. The highest BCUT2D eigenvalue weighted by molar-refractivity contribution is 5.93. The molecule has 0 aliphatic heterocycles. The maximum atomic E-state index is 13.5. The van der Waals surface area contributed by atoms with E-state index in [1.54, 1.807) is 18.2 Å². The van der Waals surface area contributed by atoms with E-state index in [0.29, 0.717) is 17.7 Å². The molecule has 126 valence electrons. The van der Waals surface area contributed by atoms with Crippen LogP contribution in [0.3, 0.4) is 0 Å². The summed E-state index contributed by atoms with van der Waals surface area (Å²) >= 11 is 0. The van der Waals surface area contributed by atoms with Gasteiger partial charge in [-0.3, -0.25) is 0 Å². The third-order valence-electron chi connectivity index (χ3n) is 3.22. The van der Waals surface area contributed by atoms with E-state index in [0.717, 1.165) is 0 Å². The Bertz CT molecular complexity index is 708. The van der Waals surface area contributed by atoms with Crippen LogP contribution in [0.4, 0.5) is 4.39 Å². The lowest BCUT2D eigenvalue weighted by molar-refractivity contribution is 0.0449. The standard InChI is InChI=1S/C19H19FO4/c1-13(2)11-23-18(21)14-7-9-15(10-8-14)19(22)24-12-16-5-3-4-6-17(16)20/h3-10,13H,11-12H2,1-2H3. The smallest absolute Gasteiger partial charge is 0.338 e. The molecule has 0 aromatic heterocycles. The largest absolute Gasteiger partial charge is 0.462 e. The first-order chi connectivity index (χ1) is 11.5. The van der Waals surface area contributed by atoms with E-state index in [4.69, 9.17) is 9.47 Å². The molecule has 0 aliphatic carbocycles. The molecule has 0 amide bonds. The van der Waals surface area contributed by atoms with Crippen molar-refractivity contribution >= 4 is 11.9 Å². The van der Waals surface area contributed by atoms with Gasteiger partial charge in [-0.2, -0.15) is 0 Å². The van der Waals surface area contributed by atoms with Crippen LogP contribution >= 0.6 is 0 Å². The first-order valence-corrected chi connectivity index (χ1v) is 7.65. The van der Waals surface area contributed by atoms with Crippen LogP contribution in [0.1, 0.15) is 40.1 Å². The van der Waals surface area contributed by atoms with Gasteiger partial charge in [-0.05, 0) is 36.2 Å². The van der Waals surface area contributed by atoms with Gasteiger partial charge in [-0.1, -0.05) is 32.0 Å². The Kier molecular flexibility index (Phi) is 6.07. The van der Waals surface area contributed by atoms with Crippen molar-refractivity contribution in [1.82, 2.24) is 0 Å². The van der Waals surface area contributed by atoms with Gasteiger partial charge >= 0.3 is 11.9 Å². The predicted octanol–water partition coefficient (Wildman–Crippen LogP) is 4.00. The lowest BCUT2D eigenvalue weighted by Gasteiger charge is -2.08. The summed E-state index contributed by atoms with van der Waals surface area (Å²) in [5.41, 5.74) is 0.952. The van der Waals surface area contributed by atoms with Crippen molar-refractivity contribution < 1.29 is 23.5 Å². The molecular weight excluding hydrogens is 311 g/mol. The quantitative estimate of drug-likeness (QED) is 0.751. The minimum atomic E-state index is -0.583. The molecule has 0 N–H and O–H groups in total. The van der Waals surface area contributed by atoms with E-state index in [-0.39, 0.29) is 18.1 Å². The van der Waals surface area contributed by atoms with Gasteiger partial charge < -0.3 is 9.47 Å². The molecule has 0 aliphatic rings. The van der Waals surface area contributed by atoms with E-state index in [2.05, 4.69) is 0 Å². The van der Waals surface area contributed by atoms with Crippen LogP contribution in [-0.2, 0) is 16.1 Å². The van der Waals surface area contributed by atoms with Crippen molar-refractivity contribution in [2.24, 2.45) is 5.92 Å². The van der Waals surface area contributed by atoms with Crippen LogP contribution in [0.25, 0.3) is 0 Å². The molecular formula is C19H19FO4. The lowest BCUT2D eigenvalue weighted by atomic mass is 10.1. The highest BCUT2D eigenvalue weighted by Gasteiger charge is 2.12. The maximum Gasteiger partial charge on any atom is 0.338 e. The number of carbonyl (C=O) groups is 2. The minimum Gasteiger partial charge on any atom is -0.462 e. The Balaban J connectivity index is 1.93. The van der Waals surface area contributed by atoms with Crippen LogP contribution in [0.15, 0.2) is 48.5 Å². The Labute approximate surface area is 140 Å². The fourth-order valence-electron chi connectivity index (χ4n) is 1.91. The number of rotatable bonds is 6. The van der Waals surface area contributed by atoms with Crippen LogP contribution in [0.2, 0.25) is 0 Å². The van der Waals surface area contributed by atoms with Gasteiger partial charge in [0.15, 0.2) is 0 Å². The summed E-state index contributed by atoms with van der Waals surface area (Å²) < 4.78 is 23.7. The molecule has 0 saturated carbocycles. The Morgan fingerprint density at radius 2 is 1.46 bits per heavy atom. The first-order valence-electron chi connectivity index (χ1n) is 7.65. The second kappa shape index (κ2) is 8.24. The number of hydrogen-bond donors (Lipinski definition) is 0. The van der Waals surface area contributed by atoms with Crippen molar-refractivity contribution in [2.45, 2.75) is 20.5 Å². The maximum absolute atomic E-state index is 13.5. The molecule has 2 rings (SSSR count). The van der Waals surface area contributed by atoms with Crippen LogP contribution in [0.5, 0.6) is 0 Å². The summed E-state index contributed by atoms with van der Waals surface area (Å²) in [5.74, 6) is -1.19. The van der Waals surface area contributed by atoms with Gasteiger partial charge in [0.25, 0.3) is 0 Å². The zero-order valence-electron chi connectivity index (χ0n) is 13.6. The third kappa shape index (κ3) is 4.91. The molecule has 4 nitrogen and oxygen atoms in total. The average molecular weight is 330 g/mol. The van der Waals surface area contributed by atoms with Crippen molar-refractivity contribution in [3.8, 4) is 0 Å². The van der Waals surface area contributed by atoms with E-state index < -0.39 is 17.8 Å². The number of esters is 2. The SMILES string of the molecule is CC(C)COC(=O)c1ccc(C(=O)OCc2ccccc2F)cc1. The number of halogens is 1. The van der Waals surface area contributed by atoms with Crippen molar-refractivity contribution in [3.63, 3.8) is 0 Å². The predicted molar refractivity (Wildman–Crippen MR) is 87.1 cm³/mol. The summed E-state index contributed by atoms with van der Waals surface area (Å²) in [7, 11) is 0. The number of carbonyl (C=O) groups excluding carboxylic acids is 2. The molecule has 0 unspecified atom stereocenters. The molecule has 0 atom stereocenters. The first kappa shape index (κ1) is 17.7. The zero-order valence-corrected chi connectivity index (χ0v) is 13.6. The summed E-state index contributed by atoms with van der Waals surface area (Å²) in [5, 5.41) is 0. The molecule has 0 heterocycles. The van der Waals surface area contributed by atoms with E-state index >= 15 is 0 Å². The zero-order chi connectivity index (χ0) is 17.5. The van der Waals surface area contributed by atoms with E-state index in [9.17, 15) is 14.0 Å². The summed E-state index contributed by atoms with van der Waals surface area (Å²) in [6, 6.07) is 12.1. The fraction of sp³-hybridized carbons (Fsp3) is 0.263. The Hall–Kier alpha value is -2.69. The minimum absolute atomic E-state index is 0.149. The van der Waals surface area contributed by atoms with Crippen LogP contribution < -0.4 is 0 Å². The van der Waals surface area contributed by atoms with E-state index in [1.807, 2.05) is 13.8 Å². The van der Waals surface area contributed by atoms with E-state index in [1.165, 1.54) is 30.3 Å². The average Bonchev–Trinajstić information content (AvgIpc) is 2.58. The molecule has 24 heavy (non-hydrogen) atoms. The summed E-state index contributed by atoms with van der Waals surface area (Å²) in [6.07, 6.45) is 0. The lowest BCUT2D eigenvalue weighted by Crippen LogP contribution is -2.11. The number of hydrogen-bond acceptors (Lipinski definition) is 4.